The molecule has 0 aliphatic rings. The maximum Gasteiger partial charge on any atom is 0.231 e. The second kappa shape index (κ2) is 6.19. The Balaban J connectivity index is 2.13. The highest BCUT2D eigenvalue weighted by Crippen LogP contribution is 2.17. The SMILES string of the molecule is CCN(C(=O)Cc1ccc(F)cc1)c1ccc(N)cc1. The van der Waals surface area contributed by atoms with E-state index in [1.807, 2.05) is 19.1 Å². The summed E-state index contributed by atoms with van der Waals surface area (Å²) in [7, 11) is 0. The zero-order valence-corrected chi connectivity index (χ0v) is 11.3. The van der Waals surface area contributed by atoms with Crippen LogP contribution in [0.4, 0.5) is 15.8 Å². The van der Waals surface area contributed by atoms with E-state index in [0.29, 0.717) is 12.2 Å². The highest BCUT2D eigenvalue weighted by atomic mass is 19.1. The molecule has 4 heteroatoms. The van der Waals surface area contributed by atoms with Gasteiger partial charge in [0.05, 0.1) is 6.42 Å². The van der Waals surface area contributed by atoms with Crippen molar-refractivity contribution >= 4 is 17.3 Å². The number of nitrogens with two attached hydrogens (primary N) is 1. The molecule has 0 aliphatic heterocycles. The van der Waals surface area contributed by atoms with Crippen LogP contribution in [-0.4, -0.2) is 12.5 Å². The first-order valence-corrected chi connectivity index (χ1v) is 6.50. The van der Waals surface area contributed by atoms with Crippen molar-refractivity contribution in [2.75, 3.05) is 17.2 Å². The zero-order chi connectivity index (χ0) is 14.5. The van der Waals surface area contributed by atoms with Crippen molar-refractivity contribution in [2.45, 2.75) is 13.3 Å². The van der Waals surface area contributed by atoms with Gasteiger partial charge in [0.2, 0.25) is 5.91 Å². The van der Waals surface area contributed by atoms with Crippen LogP contribution in [0.3, 0.4) is 0 Å². The van der Waals surface area contributed by atoms with Gasteiger partial charge in [-0.25, -0.2) is 4.39 Å². The van der Waals surface area contributed by atoms with E-state index in [0.717, 1.165) is 11.3 Å². The van der Waals surface area contributed by atoms with Gasteiger partial charge < -0.3 is 10.6 Å². The quantitative estimate of drug-likeness (QED) is 0.870. The zero-order valence-electron chi connectivity index (χ0n) is 11.3. The Morgan fingerprint density at radius 2 is 1.70 bits per heavy atom. The molecule has 2 aromatic rings. The summed E-state index contributed by atoms with van der Waals surface area (Å²) in [5.41, 5.74) is 7.92. The van der Waals surface area contributed by atoms with Gasteiger partial charge in [-0.1, -0.05) is 12.1 Å². The van der Waals surface area contributed by atoms with Gasteiger partial charge in [0.1, 0.15) is 5.82 Å². The van der Waals surface area contributed by atoms with E-state index in [1.165, 1.54) is 12.1 Å². The molecule has 0 unspecified atom stereocenters. The lowest BCUT2D eigenvalue weighted by Crippen LogP contribution is -2.31. The lowest BCUT2D eigenvalue weighted by Gasteiger charge is -2.21. The standard InChI is InChI=1S/C16H17FN2O/c1-2-19(15-9-7-14(18)8-10-15)16(20)11-12-3-5-13(17)6-4-12/h3-10H,2,11,18H2,1H3. The minimum Gasteiger partial charge on any atom is -0.399 e. The third-order valence-electron chi connectivity index (χ3n) is 3.09. The van der Waals surface area contributed by atoms with Gasteiger partial charge in [-0.15, -0.1) is 0 Å². The molecule has 3 nitrogen and oxygen atoms in total. The number of carbonyl (C=O) groups excluding carboxylic acids is 1. The Hall–Kier alpha value is -2.36. The molecule has 104 valence electrons. The highest BCUT2D eigenvalue weighted by molar-refractivity contribution is 5.94. The van der Waals surface area contributed by atoms with E-state index in [2.05, 4.69) is 0 Å². The van der Waals surface area contributed by atoms with Crippen molar-refractivity contribution in [2.24, 2.45) is 0 Å². The smallest absolute Gasteiger partial charge is 0.231 e. The number of amides is 1. The fourth-order valence-electron chi connectivity index (χ4n) is 2.03. The van der Waals surface area contributed by atoms with Crippen LogP contribution >= 0.6 is 0 Å². The maximum absolute atomic E-state index is 12.8. The summed E-state index contributed by atoms with van der Waals surface area (Å²) >= 11 is 0. The molecule has 0 radical (unpaired) electrons. The molecule has 2 aromatic carbocycles. The van der Waals surface area contributed by atoms with Crippen LogP contribution in [0.25, 0.3) is 0 Å². The lowest BCUT2D eigenvalue weighted by atomic mass is 10.1. The number of likely N-dealkylation sites (N-methyl/N-ethyl adjacent to an activating group) is 1. The third kappa shape index (κ3) is 3.35. The van der Waals surface area contributed by atoms with Crippen LogP contribution in [-0.2, 0) is 11.2 Å². The topological polar surface area (TPSA) is 46.3 Å². The van der Waals surface area contributed by atoms with E-state index in [4.69, 9.17) is 5.73 Å². The highest BCUT2D eigenvalue weighted by Gasteiger charge is 2.14. The number of hydrogen-bond acceptors (Lipinski definition) is 2. The molecule has 0 saturated heterocycles. The minimum absolute atomic E-state index is 0.0242. The summed E-state index contributed by atoms with van der Waals surface area (Å²) < 4.78 is 12.8. The van der Waals surface area contributed by atoms with Crippen LogP contribution in [0, 0.1) is 5.82 Å². The van der Waals surface area contributed by atoms with E-state index in [-0.39, 0.29) is 18.1 Å². The van der Waals surface area contributed by atoms with Crippen molar-refractivity contribution in [1.82, 2.24) is 0 Å². The molecule has 0 spiro atoms. The Morgan fingerprint density at radius 3 is 2.25 bits per heavy atom. The van der Waals surface area contributed by atoms with Gasteiger partial charge in [0.25, 0.3) is 0 Å². The molecule has 0 fully saturated rings. The van der Waals surface area contributed by atoms with Gasteiger partial charge in [-0.05, 0) is 48.9 Å². The van der Waals surface area contributed by atoms with E-state index in [9.17, 15) is 9.18 Å². The van der Waals surface area contributed by atoms with Crippen molar-refractivity contribution < 1.29 is 9.18 Å². The third-order valence-corrected chi connectivity index (χ3v) is 3.09. The van der Waals surface area contributed by atoms with Crippen molar-refractivity contribution in [3.63, 3.8) is 0 Å². The maximum atomic E-state index is 12.8. The minimum atomic E-state index is -0.299. The summed E-state index contributed by atoms with van der Waals surface area (Å²) in [5.74, 6) is -0.323. The predicted octanol–water partition coefficient (Wildman–Crippen LogP) is 3.00. The Bertz CT molecular complexity index is 578. The van der Waals surface area contributed by atoms with Gasteiger partial charge in [-0.3, -0.25) is 4.79 Å². The number of anilines is 2. The van der Waals surface area contributed by atoms with E-state index in [1.54, 1.807) is 29.2 Å². The summed E-state index contributed by atoms with van der Waals surface area (Å²) in [5, 5.41) is 0. The van der Waals surface area contributed by atoms with Crippen LogP contribution in [0.15, 0.2) is 48.5 Å². The summed E-state index contributed by atoms with van der Waals surface area (Å²) in [4.78, 5) is 14.0. The van der Waals surface area contributed by atoms with Crippen molar-refractivity contribution in [1.29, 1.82) is 0 Å². The number of carbonyl (C=O) groups is 1. The lowest BCUT2D eigenvalue weighted by molar-refractivity contribution is -0.117. The molecule has 0 aliphatic carbocycles. The number of nitrogens with zero attached hydrogens (tertiary/aromatic N) is 1. The van der Waals surface area contributed by atoms with Gasteiger partial charge >= 0.3 is 0 Å². The molecular formula is C16H17FN2O. The average molecular weight is 272 g/mol. The molecule has 0 heterocycles. The molecule has 0 aromatic heterocycles. The first kappa shape index (κ1) is 14.1. The molecule has 0 saturated carbocycles. The molecule has 2 rings (SSSR count). The van der Waals surface area contributed by atoms with Crippen molar-refractivity contribution in [3.05, 3.63) is 59.9 Å². The number of nitrogen functional groups attached to an aromatic ring is 1. The Morgan fingerprint density at radius 1 is 1.10 bits per heavy atom. The molecule has 1 amide bonds. The van der Waals surface area contributed by atoms with Crippen LogP contribution in [0.1, 0.15) is 12.5 Å². The fraction of sp³-hybridized carbons (Fsp3) is 0.188. The average Bonchev–Trinajstić information content (AvgIpc) is 2.44. The predicted molar refractivity (Wildman–Crippen MR) is 79.0 cm³/mol. The molecular weight excluding hydrogens is 255 g/mol. The Labute approximate surface area is 117 Å². The van der Waals surface area contributed by atoms with Gasteiger partial charge in [-0.2, -0.15) is 0 Å². The summed E-state index contributed by atoms with van der Waals surface area (Å²) in [6.45, 7) is 2.49. The number of rotatable bonds is 4. The molecule has 20 heavy (non-hydrogen) atoms. The molecule has 0 atom stereocenters. The number of hydrogen-bond donors (Lipinski definition) is 1. The Kier molecular flexibility index (Phi) is 4.35. The molecule has 0 bridgehead atoms. The normalized spacial score (nSPS) is 10.3. The van der Waals surface area contributed by atoms with Crippen LogP contribution < -0.4 is 10.6 Å². The van der Waals surface area contributed by atoms with E-state index < -0.39 is 0 Å². The number of halogens is 1. The fourth-order valence-corrected chi connectivity index (χ4v) is 2.03. The number of benzene rings is 2. The second-order valence-corrected chi connectivity index (χ2v) is 4.53. The molecule has 2 N–H and O–H groups in total. The van der Waals surface area contributed by atoms with Crippen LogP contribution in [0.2, 0.25) is 0 Å². The van der Waals surface area contributed by atoms with E-state index >= 15 is 0 Å². The summed E-state index contributed by atoms with van der Waals surface area (Å²) in [6.07, 6.45) is 0.249. The first-order valence-electron chi connectivity index (χ1n) is 6.50. The van der Waals surface area contributed by atoms with Gasteiger partial charge in [0, 0.05) is 17.9 Å². The summed E-state index contributed by atoms with van der Waals surface area (Å²) in [6, 6.07) is 13.2. The first-order chi connectivity index (χ1) is 9.60. The second-order valence-electron chi connectivity index (χ2n) is 4.53. The van der Waals surface area contributed by atoms with Crippen molar-refractivity contribution in [3.8, 4) is 0 Å². The monoisotopic (exact) mass is 272 g/mol. The van der Waals surface area contributed by atoms with Gasteiger partial charge in [0.15, 0.2) is 0 Å². The largest absolute Gasteiger partial charge is 0.399 e. The van der Waals surface area contributed by atoms with Crippen LogP contribution in [0.5, 0.6) is 0 Å².